The van der Waals surface area contributed by atoms with Gasteiger partial charge in [0.05, 0.1) is 20.6 Å². The summed E-state index contributed by atoms with van der Waals surface area (Å²) < 4.78 is 0. The van der Waals surface area contributed by atoms with Crippen LogP contribution in [-0.2, 0) is 6.54 Å². The van der Waals surface area contributed by atoms with Gasteiger partial charge in [-0.15, -0.1) is 11.3 Å². The fourth-order valence-electron chi connectivity index (χ4n) is 3.16. The standard InChI is InChI=1S/C19H18Cl2N4OS/c20-14-4-3-13(10-15(14)21)12-24-5-7-25(8-6-24)19(26)17-11-16(22-23-17)18-2-1-9-27-18/h1-4,9-11H,5-8,12H2,(H,22,23). The molecule has 0 saturated carbocycles. The van der Waals surface area contributed by atoms with Gasteiger partial charge in [-0.1, -0.05) is 35.3 Å². The van der Waals surface area contributed by atoms with Crippen molar-refractivity contribution in [1.82, 2.24) is 20.0 Å². The number of nitrogens with zero attached hydrogens (tertiary/aromatic N) is 3. The SMILES string of the molecule is O=C(c1cc(-c2cccs2)[nH]n1)N1CCN(Cc2ccc(Cl)c(Cl)c2)CC1. The van der Waals surface area contributed by atoms with Crippen molar-refractivity contribution in [2.45, 2.75) is 6.54 Å². The Bertz CT molecular complexity index is 933. The molecule has 0 atom stereocenters. The summed E-state index contributed by atoms with van der Waals surface area (Å²) in [5.74, 6) is -0.0248. The summed E-state index contributed by atoms with van der Waals surface area (Å²) in [5, 5.41) is 10.3. The maximum absolute atomic E-state index is 12.7. The molecule has 2 aromatic heterocycles. The largest absolute Gasteiger partial charge is 0.335 e. The lowest BCUT2D eigenvalue weighted by atomic mass is 10.2. The van der Waals surface area contributed by atoms with E-state index in [4.69, 9.17) is 23.2 Å². The number of benzene rings is 1. The minimum absolute atomic E-state index is 0.0248. The lowest BCUT2D eigenvalue weighted by Crippen LogP contribution is -2.48. The van der Waals surface area contributed by atoms with Gasteiger partial charge in [0.15, 0.2) is 5.69 Å². The third-order valence-corrected chi connectivity index (χ3v) is 6.28. The van der Waals surface area contributed by atoms with Crippen molar-refractivity contribution in [2.75, 3.05) is 26.2 Å². The quantitative estimate of drug-likeness (QED) is 0.679. The van der Waals surface area contributed by atoms with Gasteiger partial charge in [-0.2, -0.15) is 5.10 Å². The van der Waals surface area contributed by atoms with Crippen molar-refractivity contribution in [3.05, 3.63) is 63.1 Å². The fraction of sp³-hybridized carbons (Fsp3) is 0.263. The third-order valence-electron chi connectivity index (χ3n) is 4.63. The second kappa shape index (κ2) is 8.02. The van der Waals surface area contributed by atoms with Crippen molar-refractivity contribution in [3.8, 4) is 10.6 Å². The minimum Gasteiger partial charge on any atom is -0.335 e. The Morgan fingerprint density at radius 1 is 1.11 bits per heavy atom. The Morgan fingerprint density at radius 2 is 1.93 bits per heavy atom. The van der Waals surface area contributed by atoms with Gasteiger partial charge in [-0.25, -0.2) is 0 Å². The molecule has 1 aliphatic rings. The van der Waals surface area contributed by atoms with Crippen LogP contribution in [0.5, 0.6) is 0 Å². The molecule has 1 N–H and O–H groups in total. The first-order chi connectivity index (χ1) is 13.1. The molecule has 0 spiro atoms. The van der Waals surface area contributed by atoms with Crippen molar-refractivity contribution < 1.29 is 4.79 Å². The number of halogens is 2. The minimum atomic E-state index is -0.0248. The number of amides is 1. The van der Waals surface area contributed by atoms with Gasteiger partial charge >= 0.3 is 0 Å². The molecule has 1 fully saturated rings. The van der Waals surface area contributed by atoms with Crippen LogP contribution in [0.25, 0.3) is 10.6 Å². The zero-order chi connectivity index (χ0) is 18.8. The highest BCUT2D eigenvalue weighted by Crippen LogP contribution is 2.25. The molecule has 0 bridgehead atoms. The summed E-state index contributed by atoms with van der Waals surface area (Å²) in [4.78, 5) is 18.0. The molecule has 27 heavy (non-hydrogen) atoms. The molecule has 8 heteroatoms. The Labute approximate surface area is 171 Å². The first-order valence-corrected chi connectivity index (χ1v) is 10.3. The van der Waals surface area contributed by atoms with Crippen molar-refractivity contribution in [3.63, 3.8) is 0 Å². The molecule has 1 amide bonds. The number of piperazine rings is 1. The molecular weight excluding hydrogens is 403 g/mol. The van der Waals surface area contributed by atoms with Gasteiger partial charge < -0.3 is 4.90 Å². The average Bonchev–Trinajstić information content (AvgIpc) is 3.36. The van der Waals surface area contributed by atoms with Crippen LogP contribution < -0.4 is 0 Å². The fourth-order valence-corrected chi connectivity index (χ4v) is 4.17. The third kappa shape index (κ3) is 4.19. The van der Waals surface area contributed by atoms with Crippen molar-refractivity contribution in [1.29, 1.82) is 0 Å². The summed E-state index contributed by atoms with van der Waals surface area (Å²) in [6, 6.07) is 11.5. The molecule has 0 aliphatic carbocycles. The van der Waals surface area contributed by atoms with E-state index in [2.05, 4.69) is 15.1 Å². The van der Waals surface area contributed by atoms with E-state index in [1.807, 2.05) is 46.7 Å². The Kier molecular flexibility index (Phi) is 5.50. The van der Waals surface area contributed by atoms with E-state index in [1.165, 1.54) is 0 Å². The normalized spacial score (nSPS) is 15.3. The molecule has 1 aromatic carbocycles. The van der Waals surface area contributed by atoms with Crippen LogP contribution in [-0.4, -0.2) is 52.1 Å². The van der Waals surface area contributed by atoms with Crippen LogP contribution in [0.1, 0.15) is 16.1 Å². The Balaban J connectivity index is 1.34. The zero-order valence-electron chi connectivity index (χ0n) is 14.5. The summed E-state index contributed by atoms with van der Waals surface area (Å²) in [6.45, 7) is 3.79. The molecule has 0 radical (unpaired) electrons. The first kappa shape index (κ1) is 18.5. The van der Waals surface area contributed by atoms with E-state index < -0.39 is 0 Å². The van der Waals surface area contributed by atoms with Crippen LogP contribution in [0.4, 0.5) is 0 Å². The van der Waals surface area contributed by atoms with E-state index in [0.717, 1.165) is 35.8 Å². The molecule has 1 saturated heterocycles. The van der Waals surface area contributed by atoms with Gasteiger partial charge in [0.2, 0.25) is 0 Å². The van der Waals surface area contributed by atoms with Crippen LogP contribution >= 0.6 is 34.5 Å². The molecule has 3 heterocycles. The lowest BCUT2D eigenvalue weighted by molar-refractivity contribution is 0.0622. The number of hydrogen-bond acceptors (Lipinski definition) is 4. The highest BCUT2D eigenvalue weighted by molar-refractivity contribution is 7.13. The van der Waals surface area contributed by atoms with E-state index >= 15 is 0 Å². The molecule has 0 unspecified atom stereocenters. The number of aromatic nitrogens is 2. The van der Waals surface area contributed by atoms with E-state index in [9.17, 15) is 4.79 Å². The Morgan fingerprint density at radius 3 is 2.63 bits per heavy atom. The van der Waals surface area contributed by atoms with Crippen LogP contribution in [0.2, 0.25) is 10.0 Å². The Hall–Kier alpha value is -1.86. The van der Waals surface area contributed by atoms with Crippen LogP contribution in [0, 0.1) is 0 Å². The first-order valence-electron chi connectivity index (χ1n) is 8.65. The smallest absolute Gasteiger partial charge is 0.274 e. The summed E-state index contributed by atoms with van der Waals surface area (Å²) in [7, 11) is 0. The molecule has 5 nitrogen and oxygen atoms in total. The molecule has 4 rings (SSSR count). The van der Waals surface area contributed by atoms with E-state index in [-0.39, 0.29) is 5.91 Å². The number of aromatic amines is 1. The summed E-state index contributed by atoms with van der Waals surface area (Å²) in [5.41, 5.74) is 2.47. The second-order valence-electron chi connectivity index (χ2n) is 6.46. The zero-order valence-corrected chi connectivity index (χ0v) is 16.8. The van der Waals surface area contributed by atoms with E-state index in [1.54, 1.807) is 11.3 Å². The van der Waals surface area contributed by atoms with E-state index in [0.29, 0.717) is 28.8 Å². The lowest BCUT2D eigenvalue weighted by Gasteiger charge is -2.34. The highest BCUT2D eigenvalue weighted by Gasteiger charge is 2.24. The number of nitrogens with one attached hydrogen (secondary N) is 1. The number of carbonyl (C=O) groups is 1. The average molecular weight is 421 g/mol. The van der Waals surface area contributed by atoms with Crippen LogP contribution in [0.3, 0.4) is 0 Å². The maximum atomic E-state index is 12.7. The van der Waals surface area contributed by atoms with Crippen LogP contribution in [0.15, 0.2) is 41.8 Å². The number of H-pyrrole nitrogens is 1. The van der Waals surface area contributed by atoms with Crippen molar-refractivity contribution >= 4 is 40.4 Å². The topological polar surface area (TPSA) is 52.2 Å². The van der Waals surface area contributed by atoms with Gasteiger partial charge in [-0.05, 0) is 35.2 Å². The molecular formula is C19H18Cl2N4OS. The summed E-state index contributed by atoms with van der Waals surface area (Å²) in [6.07, 6.45) is 0. The highest BCUT2D eigenvalue weighted by atomic mass is 35.5. The molecule has 1 aliphatic heterocycles. The monoisotopic (exact) mass is 420 g/mol. The predicted octanol–water partition coefficient (Wildman–Crippen LogP) is 4.40. The number of rotatable bonds is 4. The molecule has 140 valence electrons. The number of carbonyl (C=O) groups excluding carboxylic acids is 1. The van der Waals surface area contributed by atoms with Gasteiger partial charge in [0.1, 0.15) is 0 Å². The predicted molar refractivity (Wildman–Crippen MR) is 110 cm³/mol. The number of hydrogen-bond donors (Lipinski definition) is 1. The van der Waals surface area contributed by atoms with Gasteiger partial charge in [-0.3, -0.25) is 14.8 Å². The number of thiophene rings is 1. The summed E-state index contributed by atoms with van der Waals surface area (Å²) >= 11 is 13.7. The second-order valence-corrected chi connectivity index (χ2v) is 8.22. The van der Waals surface area contributed by atoms with Gasteiger partial charge in [0.25, 0.3) is 5.91 Å². The molecule has 3 aromatic rings. The van der Waals surface area contributed by atoms with Crippen molar-refractivity contribution in [2.24, 2.45) is 0 Å². The maximum Gasteiger partial charge on any atom is 0.274 e. The van der Waals surface area contributed by atoms with Gasteiger partial charge in [0, 0.05) is 32.7 Å².